The Balaban J connectivity index is 3.11. The van der Waals surface area contributed by atoms with Gasteiger partial charge in [0.15, 0.2) is 0 Å². The summed E-state index contributed by atoms with van der Waals surface area (Å²) in [5.41, 5.74) is 6.57. The largest absolute Gasteiger partial charge is 0.496 e. The zero-order valence-electron chi connectivity index (χ0n) is 9.53. The van der Waals surface area contributed by atoms with E-state index in [-0.39, 0.29) is 5.91 Å². The monoisotopic (exact) mass is 286 g/mol. The van der Waals surface area contributed by atoms with Crippen molar-refractivity contribution in [1.82, 2.24) is 4.90 Å². The van der Waals surface area contributed by atoms with E-state index < -0.39 is 6.04 Å². The van der Waals surface area contributed by atoms with Crippen LogP contribution in [-0.2, 0) is 4.79 Å². The summed E-state index contributed by atoms with van der Waals surface area (Å²) < 4.78 is 6.05. The van der Waals surface area contributed by atoms with Crippen LogP contribution in [-0.4, -0.2) is 32.0 Å². The molecule has 0 heterocycles. The van der Waals surface area contributed by atoms with Crippen molar-refractivity contribution >= 4 is 21.8 Å². The smallest absolute Gasteiger partial charge is 0.243 e. The Hall–Kier alpha value is -1.07. The third kappa shape index (κ3) is 2.74. The fourth-order valence-corrected chi connectivity index (χ4v) is 1.74. The molecule has 0 radical (unpaired) electrons. The molecule has 88 valence electrons. The lowest BCUT2D eigenvalue weighted by atomic mass is 10.1. The summed E-state index contributed by atoms with van der Waals surface area (Å²) in [7, 11) is 4.90. The van der Waals surface area contributed by atoms with Crippen LogP contribution < -0.4 is 10.5 Å². The standard InChI is InChI=1S/C11H15BrN2O2/c1-14(2)11(15)10(13)8-6-7(12)4-5-9(8)16-3/h4-6,10H,13H2,1-3H3. The van der Waals surface area contributed by atoms with Crippen molar-refractivity contribution in [2.75, 3.05) is 21.2 Å². The van der Waals surface area contributed by atoms with Gasteiger partial charge in [-0.05, 0) is 18.2 Å². The van der Waals surface area contributed by atoms with Gasteiger partial charge in [0.05, 0.1) is 7.11 Å². The maximum Gasteiger partial charge on any atom is 0.243 e. The predicted molar refractivity (Wildman–Crippen MR) is 66.3 cm³/mol. The summed E-state index contributed by atoms with van der Waals surface area (Å²) in [6.07, 6.45) is 0. The van der Waals surface area contributed by atoms with Gasteiger partial charge in [-0.2, -0.15) is 0 Å². The highest BCUT2D eigenvalue weighted by Crippen LogP contribution is 2.28. The molecule has 0 bridgehead atoms. The van der Waals surface area contributed by atoms with Gasteiger partial charge in [0.2, 0.25) is 5.91 Å². The Morgan fingerprint density at radius 1 is 1.50 bits per heavy atom. The second kappa shape index (κ2) is 5.32. The van der Waals surface area contributed by atoms with E-state index in [9.17, 15) is 4.79 Å². The maximum absolute atomic E-state index is 11.8. The molecular weight excluding hydrogens is 272 g/mol. The number of carbonyl (C=O) groups excluding carboxylic acids is 1. The molecular formula is C11H15BrN2O2. The summed E-state index contributed by atoms with van der Waals surface area (Å²) in [6, 6.07) is 4.71. The van der Waals surface area contributed by atoms with Crippen molar-refractivity contribution in [3.63, 3.8) is 0 Å². The molecule has 0 saturated carbocycles. The third-order valence-electron chi connectivity index (χ3n) is 2.23. The van der Waals surface area contributed by atoms with Gasteiger partial charge in [-0.1, -0.05) is 15.9 Å². The minimum atomic E-state index is -0.706. The Morgan fingerprint density at radius 3 is 2.62 bits per heavy atom. The Morgan fingerprint density at radius 2 is 2.12 bits per heavy atom. The van der Waals surface area contributed by atoms with Crippen LogP contribution in [0.3, 0.4) is 0 Å². The summed E-state index contributed by atoms with van der Waals surface area (Å²) in [4.78, 5) is 13.2. The number of rotatable bonds is 3. The summed E-state index contributed by atoms with van der Waals surface area (Å²) >= 11 is 3.34. The van der Waals surface area contributed by atoms with Crippen molar-refractivity contribution in [1.29, 1.82) is 0 Å². The molecule has 0 spiro atoms. The van der Waals surface area contributed by atoms with Gasteiger partial charge in [-0.15, -0.1) is 0 Å². The van der Waals surface area contributed by atoms with E-state index in [1.54, 1.807) is 33.3 Å². The number of carbonyl (C=O) groups is 1. The van der Waals surface area contributed by atoms with Gasteiger partial charge in [0.1, 0.15) is 11.8 Å². The van der Waals surface area contributed by atoms with Gasteiger partial charge < -0.3 is 15.4 Å². The first kappa shape index (κ1) is 13.0. The summed E-state index contributed by atoms with van der Waals surface area (Å²) in [6.45, 7) is 0. The number of likely N-dealkylation sites (N-methyl/N-ethyl adjacent to an activating group) is 1. The SMILES string of the molecule is COc1ccc(Br)cc1C(N)C(=O)N(C)C. The van der Waals surface area contributed by atoms with Crippen LogP contribution in [0.2, 0.25) is 0 Å². The topological polar surface area (TPSA) is 55.6 Å². The quantitative estimate of drug-likeness (QED) is 0.917. The molecule has 5 heteroatoms. The molecule has 4 nitrogen and oxygen atoms in total. The Labute approximate surface area is 103 Å². The average Bonchev–Trinajstić information content (AvgIpc) is 2.26. The number of amides is 1. The molecule has 0 aliphatic carbocycles. The lowest BCUT2D eigenvalue weighted by molar-refractivity contribution is -0.130. The minimum absolute atomic E-state index is 0.156. The van der Waals surface area contributed by atoms with Crippen molar-refractivity contribution in [2.45, 2.75) is 6.04 Å². The first-order valence-electron chi connectivity index (χ1n) is 4.77. The molecule has 0 aromatic heterocycles. The Kier molecular flexibility index (Phi) is 4.32. The molecule has 0 aliphatic rings. The van der Waals surface area contributed by atoms with E-state index in [0.29, 0.717) is 11.3 Å². The van der Waals surface area contributed by atoms with E-state index in [2.05, 4.69) is 15.9 Å². The molecule has 16 heavy (non-hydrogen) atoms. The Bertz CT molecular complexity index is 394. The first-order chi connectivity index (χ1) is 7.47. The van der Waals surface area contributed by atoms with Gasteiger partial charge in [-0.25, -0.2) is 0 Å². The number of benzene rings is 1. The molecule has 1 atom stereocenters. The van der Waals surface area contributed by atoms with E-state index in [0.717, 1.165) is 4.47 Å². The number of methoxy groups -OCH3 is 1. The molecule has 1 amide bonds. The second-order valence-electron chi connectivity index (χ2n) is 3.60. The highest BCUT2D eigenvalue weighted by atomic mass is 79.9. The number of ether oxygens (including phenoxy) is 1. The van der Waals surface area contributed by atoms with Gasteiger partial charge in [0, 0.05) is 24.1 Å². The molecule has 1 rings (SSSR count). The van der Waals surface area contributed by atoms with Crippen LogP contribution in [0.4, 0.5) is 0 Å². The van der Waals surface area contributed by atoms with Crippen LogP contribution in [0.15, 0.2) is 22.7 Å². The lowest BCUT2D eigenvalue weighted by Gasteiger charge is -2.19. The normalized spacial score (nSPS) is 12.1. The van der Waals surface area contributed by atoms with Gasteiger partial charge in [0.25, 0.3) is 0 Å². The molecule has 1 unspecified atom stereocenters. The van der Waals surface area contributed by atoms with Crippen molar-refractivity contribution in [2.24, 2.45) is 5.73 Å². The third-order valence-corrected chi connectivity index (χ3v) is 2.73. The predicted octanol–water partition coefficient (Wildman–Crippen LogP) is 1.55. The van der Waals surface area contributed by atoms with Crippen molar-refractivity contribution < 1.29 is 9.53 Å². The van der Waals surface area contributed by atoms with Crippen LogP contribution in [0.1, 0.15) is 11.6 Å². The highest BCUT2D eigenvalue weighted by molar-refractivity contribution is 9.10. The van der Waals surface area contributed by atoms with Crippen LogP contribution >= 0.6 is 15.9 Å². The molecule has 0 aliphatic heterocycles. The zero-order chi connectivity index (χ0) is 12.3. The van der Waals surface area contributed by atoms with Crippen LogP contribution in [0.25, 0.3) is 0 Å². The molecule has 0 saturated heterocycles. The number of halogens is 1. The van der Waals surface area contributed by atoms with E-state index in [1.165, 1.54) is 4.90 Å². The summed E-state index contributed by atoms with van der Waals surface area (Å²) in [5.74, 6) is 0.460. The molecule has 2 N–H and O–H groups in total. The van der Waals surface area contributed by atoms with Crippen molar-refractivity contribution in [3.05, 3.63) is 28.2 Å². The molecule has 1 aromatic rings. The van der Waals surface area contributed by atoms with Crippen LogP contribution in [0, 0.1) is 0 Å². The van der Waals surface area contributed by atoms with E-state index in [4.69, 9.17) is 10.5 Å². The fraction of sp³-hybridized carbons (Fsp3) is 0.364. The minimum Gasteiger partial charge on any atom is -0.496 e. The van der Waals surface area contributed by atoms with Gasteiger partial charge in [-0.3, -0.25) is 4.79 Å². The second-order valence-corrected chi connectivity index (χ2v) is 4.51. The highest BCUT2D eigenvalue weighted by Gasteiger charge is 2.21. The number of nitrogens with zero attached hydrogens (tertiary/aromatic N) is 1. The first-order valence-corrected chi connectivity index (χ1v) is 5.57. The van der Waals surface area contributed by atoms with E-state index >= 15 is 0 Å². The maximum atomic E-state index is 11.8. The number of hydrogen-bond donors (Lipinski definition) is 1. The average molecular weight is 287 g/mol. The van der Waals surface area contributed by atoms with Crippen LogP contribution in [0.5, 0.6) is 5.75 Å². The number of nitrogens with two attached hydrogens (primary N) is 1. The molecule has 1 aromatic carbocycles. The molecule has 0 fully saturated rings. The summed E-state index contributed by atoms with van der Waals surface area (Å²) in [5, 5.41) is 0. The zero-order valence-corrected chi connectivity index (χ0v) is 11.1. The number of hydrogen-bond acceptors (Lipinski definition) is 3. The van der Waals surface area contributed by atoms with Gasteiger partial charge >= 0.3 is 0 Å². The lowest BCUT2D eigenvalue weighted by Crippen LogP contribution is -2.33. The fourth-order valence-electron chi connectivity index (χ4n) is 1.36. The van der Waals surface area contributed by atoms with E-state index in [1.807, 2.05) is 6.07 Å². The van der Waals surface area contributed by atoms with Crippen molar-refractivity contribution in [3.8, 4) is 5.75 Å².